The molecule has 2 fully saturated rings. The van der Waals surface area contributed by atoms with Gasteiger partial charge < -0.3 is 26.6 Å². The Morgan fingerprint density at radius 3 is 1.85 bits per heavy atom. The van der Waals surface area contributed by atoms with Crippen molar-refractivity contribution in [2.75, 3.05) is 6.54 Å². The summed E-state index contributed by atoms with van der Waals surface area (Å²) in [6.45, 7) is 14.8. The largest absolute Gasteiger partial charge is 0.363 e. The van der Waals surface area contributed by atoms with E-state index in [-0.39, 0.29) is 17.6 Å². The number of hydrogen-bond donors (Lipinski definition) is 4. The molecule has 5 amide bonds. The van der Waals surface area contributed by atoms with Crippen LogP contribution < -0.4 is 21.7 Å². The molecule has 0 bridgehead atoms. The minimum Gasteiger partial charge on any atom is -0.363 e. The van der Waals surface area contributed by atoms with Crippen molar-refractivity contribution in [1.82, 2.24) is 20.9 Å². The van der Waals surface area contributed by atoms with Crippen LogP contribution in [0.1, 0.15) is 87.5 Å². The van der Waals surface area contributed by atoms with Crippen LogP contribution in [-0.2, 0) is 24.0 Å². The summed E-state index contributed by atoms with van der Waals surface area (Å²) in [6.07, 6.45) is 3.14. The molecule has 2 aliphatic rings. The van der Waals surface area contributed by atoms with Gasteiger partial charge in [-0.05, 0) is 36.0 Å². The van der Waals surface area contributed by atoms with Gasteiger partial charge in [-0.1, -0.05) is 68.2 Å². The van der Waals surface area contributed by atoms with Gasteiger partial charge in [0.1, 0.15) is 12.1 Å². The predicted molar refractivity (Wildman–Crippen MR) is 146 cm³/mol. The maximum absolute atomic E-state index is 13.8. The van der Waals surface area contributed by atoms with Crippen molar-refractivity contribution in [3.63, 3.8) is 0 Å². The number of carbonyl (C=O) groups excluding carboxylic acids is 6. The molecule has 0 spiro atoms. The molecule has 39 heavy (non-hydrogen) atoms. The zero-order valence-electron chi connectivity index (χ0n) is 24.7. The summed E-state index contributed by atoms with van der Waals surface area (Å²) in [7, 11) is 0. The van der Waals surface area contributed by atoms with Crippen LogP contribution in [0.5, 0.6) is 0 Å². The summed E-state index contributed by atoms with van der Waals surface area (Å²) in [5.74, 6) is -3.05. The Hall–Kier alpha value is -2.98. The fourth-order valence-corrected chi connectivity index (χ4v) is 4.83. The smallest absolute Gasteiger partial charge is 0.316 e. The normalized spacial score (nSPS) is 20.1. The van der Waals surface area contributed by atoms with E-state index >= 15 is 0 Å². The topological polar surface area (TPSA) is 168 Å². The van der Waals surface area contributed by atoms with Gasteiger partial charge in [0.25, 0.3) is 5.91 Å². The fraction of sp³-hybridized carbons (Fsp3) is 0.786. The summed E-state index contributed by atoms with van der Waals surface area (Å²) < 4.78 is 0. The van der Waals surface area contributed by atoms with E-state index in [1.807, 2.05) is 20.8 Å². The van der Waals surface area contributed by atoms with E-state index in [1.165, 1.54) is 4.90 Å². The van der Waals surface area contributed by atoms with E-state index in [4.69, 9.17) is 5.73 Å². The lowest BCUT2D eigenvalue weighted by Gasteiger charge is -2.37. The molecular formula is C28H47N5O6. The van der Waals surface area contributed by atoms with Crippen molar-refractivity contribution in [1.29, 1.82) is 0 Å². The van der Waals surface area contributed by atoms with Crippen molar-refractivity contribution in [2.24, 2.45) is 28.4 Å². The van der Waals surface area contributed by atoms with Gasteiger partial charge in [0.2, 0.25) is 17.6 Å². The average molecular weight is 550 g/mol. The summed E-state index contributed by atoms with van der Waals surface area (Å²) in [5, 5.41) is 8.18. The van der Waals surface area contributed by atoms with Gasteiger partial charge in [-0.3, -0.25) is 24.0 Å². The van der Waals surface area contributed by atoms with Crippen molar-refractivity contribution in [3.8, 4) is 0 Å². The summed E-state index contributed by atoms with van der Waals surface area (Å²) >= 11 is 0. The van der Waals surface area contributed by atoms with Crippen molar-refractivity contribution in [2.45, 2.75) is 112 Å². The molecule has 1 heterocycles. The number of urea groups is 1. The molecule has 5 N–H and O–H groups in total. The van der Waals surface area contributed by atoms with Gasteiger partial charge in [0.05, 0.1) is 12.1 Å². The number of nitrogens with two attached hydrogens (primary N) is 1. The number of nitrogens with one attached hydrogen (secondary N) is 3. The number of carbonyl (C=O) groups is 6. The Kier molecular flexibility index (Phi) is 10.3. The lowest BCUT2D eigenvalue weighted by Crippen LogP contribution is -2.62. The van der Waals surface area contributed by atoms with Gasteiger partial charge in [-0.2, -0.15) is 0 Å². The third kappa shape index (κ3) is 8.76. The fourth-order valence-electron chi connectivity index (χ4n) is 4.83. The van der Waals surface area contributed by atoms with Crippen LogP contribution in [0.25, 0.3) is 0 Å². The predicted octanol–water partition coefficient (Wildman–Crippen LogP) is 1.67. The third-order valence-corrected chi connectivity index (χ3v) is 7.36. The molecule has 0 aromatic rings. The standard InChI is InChI=1S/C28H47N5O6/c1-15(2)19(34)21(27(3,4)5)31-26(39)32-22(28(6,7)8)25(38)33-13-9-10-18(33)24(37)30-17(14-16-11-12-16)20(35)23(29)36/h15-18,21-22H,9-14H2,1-8H3,(H2,29,36)(H,30,37)(H2,31,32,39). The number of Topliss-reactive ketones (excluding diaryl/α,β-unsaturated/α-hetero) is 2. The summed E-state index contributed by atoms with van der Waals surface area (Å²) in [6, 6.07) is -4.26. The van der Waals surface area contributed by atoms with Crippen molar-refractivity contribution >= 4 is 35.3 Å². The number of likely N-dealkylation sites (tertiary alicyclic amines) is 1. The van der Waals surface area contributed by atoms with E-state index < -0.39 is 64.5 Å². The first kappa shape index (κ1) is 32.2. The number of primary amides is 1. The summed E-state index contributed by atoms with van der Waals surface area (Å²) in [5.41, 5.74) is 3.94. The van der Waals surface area contributed by atoms with Crippen LogP contribution >= 0.6 is 0 Å². The number of nitrogens with zero attached hydrogens (tertiary/aromatic N) is 1. The number of rotatable bonds is 11. The van der Waals surface area contributed by atoms with Crippen molar-refractivity contribution in [3.05, 3.63) is 0 Å². The monoisotopic (exact) mass is 549 g/mol. The first-order valence-electron chi connectivity index (χ1n) is 13.9. The van der Waals surface area contributed by atoms with E-state index in [0.717, 1.165) is 12.8 Å². The molecule has 1 saturated heterocycles. The minimum atomic E-state index is -1.10. The Labute approximate surface area is 231 Å². The second-order valence-corrected chi connectivity index (χ2v) is 13.4. The number of amides is 5. The molecule has 0 radical (unpaired) electrons. The molecular weight excluding hydrogens is 502 g/mol. The maximum Gasteiger partial charge on any atom is 0.316 e. The molecule has 2 rings (SSSR count). The highest BCUT2D eigenvalue weighted by Crippen LogP contribution is 2.34. The highest BCUT2D eigenvalue weighted by Gasteiger charge is 2.44. The van der Waals surface area contributed by atoms with E-state index in [9.17, 15) is 28.8 Å². The lowest BCUT2D eigenvalue weighted by molar-refractivity contribution is -0.143. The molecule has 4 atom stereocenters. The number of hydrogen-bond acceptors (Lipinski definition) is 6. The molecule has 1 aliphatic carbocycles. The maximum atomic E-state index is 13.8. The molecule has 1 aliphatic heterocycles. The van der Waals surface area contributed by atoms with Crippen LogP contribution in [0.2, 0.25) is 0 Å². The molecule has 0 aromatic heterocycles. The molecule has 220 valence electrons. The van der Waals surface area contributed by atoms with E-state index in [0.29, 0.717) is 25.8 Å². The summed E-state index contributed by atoms with van der Waals surface area (Å²) in [4.78, 5) is 78.2. The third-order valence-electron chi connectivity index (χ3n) is 7.36. The van der Waals surface area contributed by atoms with E-state index in [2.05, 4.69) is 16.0 Å². The van der Waals surface area contributed by atoms with Gasteiger partial charge in [0, 0.05) is 12.5 Å². The van der Waals surface area contributed by atoms with Crippen molar-refractivity contribution < 1.29 is 28.8 Å². The number of ketones is 2. The Bertz CT molecular complexity index is 976. The minimum absolute atomic E-state index is 0.112. The second-order valence-electron chi connectivity index (χ2n) is 13.4. The van der Waals surface area contributed by atoms with Gasteiger partial charge in [-0.25, -0.2) is 4.79 Å². The van der Waals surface area contributed by atoms with Gasteiger partial charge in [0.15, 0.2) is 5.78 Å². The first-order valence-corrected chi connectivity index (χ1v) is 13.9. The molecule has 11 heteroatoms. The quantitative estimate of drug-likeness (QED) is 0.286. The Balaban J connectivity index is 2.19. The SMILES string of the molecule is CC(C)C(=O)C(NC(=O)NC(C(=O)N1CCCC1C(=O)NC(CC1CC1)C(=O)C(N)=O)C(C)(C)C)C(C)(C)C. The van der Waals surface area contributed by atoms with E-state index in [1.54, 1.807) is 34.6 Å². The Morgan fingerprint density at radius 2 is 1.38 bits per heavy atom. The molecule has 0 aromatic carbocycles. The van der Waals surface area contributed by atoms with Gasteiger partial charge >= 0.3 is 6.03 Å². The zero-order chi connectivity index (χ0) is 29.9. The first-order chi connectivity index (χ1) is 17.8. The van der Waals surface area contributed by atoms with Crippen LogP contribution in [0.3, 0.4) is 0 Å². The average Bonchev–Trinajstić information content (AvgIpc) is 3.48. The molecule has 11 nitrogen and oxygen atoms in total. The highest BCUT2D eigenvalue weighted by atomic mass is 16.2. The second kappa shape index (κ2) is 12.5. The Morgan fingerprint density at radius 1 is 0.846 bits per heavy atom. The highest BCUT2D eigenvalue weighted by molar-refractivity contribution is 6.37. The van der Waals surface area contributed by atoms with Crippen LogP contribution in [0.15, 0.2) is 0 Å². The van der Waals surface area contributed by atoms with Crippen LogP contribution in [-0.4, -0.2) is 70.9 Å². The molecule has 1 saturated carbocycles. The van der Waals surface area contributed by atoms with Crippen LogP contribution in [0.4, 0.5) is 4.79 Å². The zero-order valence-corrected chi connectivity index (χ0v) is 24.7. The van der Waals surface area contributed by atoms with Gasteiger partial charge in [-0.15, -0.1) is 0 Å². The lowest BCUT2D eigenvalue weighted by atomic mass is 9.81. The van der Waals surface area contributed by atoms with Crippen LogP contribution in [0, 0.1) is 22.7 Å². The molecule has 4 unspecified atom stereocenters.